The first-order valence-corrected chi connectivity index (χ1v) is 8.75. The molecule has 0 fully saturated rings. The van der Waals surface area contributed by atoms with E-state index >= 15 is 0 Å². The lowest BCUT2D eigenvalue weighted by Gasteiger charge is -2.20. The van der Waals surface area contributed by atoms with Gasteiger partial charge in [0.2, 0.25) is 10.0 Å². The fraction of sp³-hybridized carbons (Fsp3) is 0.125. The van der Waals surface area contributed by atoms with Crippen molar-refractivity contribution in [1.82, 2.24) is 5.32 Å². The highest BCUT2D eigenvalue weighted by atomic mass is 32.2. The van der Waals surface area contributed by atoms with Crippen LogP contribution in [0.1, 0.15) is 5.56 Å². The van der Waals surface area contributed by atoms with Gasteiger partial charge in [-0.05, 0) is 36.2 Å². The molecule has 9 heteroatoms. The summed E-state index contributed by atoms with van der Waals surface area (Å²) in [7, 11) is -3.83. The van der Waals surface area contributed by atoms with Crippen molar-refractivity contribution in [1.29, 1.82) is 0 Å². The Kier molecular flexibility index (Phi) is 5.73. The quantitative estimate of drug-likeness (QED) is 0.653. The van der Waals surface area contributed by atoms with Gasteiger partial charge in [-0.15, -0.1) is 0 Å². The number of carboxylic acid groups (broad SMARTS) is 1. The highest BCUT2D eigenvalue weighted by Crippen LogP contribution is 2.12. The summed E-state index contributed by atoms with van der Waals surface area (Å²) < 4.78 is 22.3. The first-order chi connectivity index (χ1) is 11.8. The van der Waals surface area contributed by atoms with Gasteiger partial charge >= 0.3 is 6.03 Å². The van der Waals surface area contributed by atoms with E-state index in [2.05, 4.69) is 10.6 Å². The van der Waals surface area contributed by atoms with Crippen molar-refractivity contribution in [3.63, 3.8) is 0 Å². The Bertz CT molecular complexity index is 851. The second kappa shape index (κ2) is 7.77. The Morgan fingerprint density at radius 3 is 2.16 bits per heavy atom. The smallest absolute Gasteiger partial charge is 0.319 e. The van der Waals surface area contributed by atoms with Crippen LogP contribution in [0, 0.1) is 0 Å². The largest absolute Gasteiger partial charge is 0.548 e. The summed E-state index contributed by atoms with van der Waals surface area (Å²) in [6.45, 7) is 0. The van der Waals surface area contributed by atoms with Crippen LogP contribution in [0.2, 0.25) is 0 Å². The topological polar surface area (TPSA) is 141 Å². The van der Waals surface area contributed by atoms with Crippen LogP contribution in [0.4, 0.5) is 10.5 Å². The van der Waals surface area contributed by atoms with Gasteiger partial charge in [-0.1, -0.05) is 30.3 Å². The van der Waals surface area contributed by atoms with Gasteiger partial charge in [0.05, 0.1) is 16.9 Å². The number of hydrogen-bond donors (Lipinski definition) is 3. The number of urea groups is 1. The van der Waals surface area contributed by atoms with Crippen LogP contribution in [0.3, 0.4) is 0 Å². The number of aliphatic carboxylic acids is 1. The van der Waals surface area contributed by atoms with Crippen LogP contribution in [-0.4, -0.2) is 26.5 Å². The Labute approximate surface area is 144 Å². The number of rotatable bonds is 6. The van der Waals surface area contributed by atoms with E-state index in [1.807, 2.05) is 0 Å². The van der Waals surface area contributed by atoms with E-state index in [-0.39, 0.29) is 17.0 Å². The minimum atomic E-state index is -3.83. The summed E-state index contributed by atoms with van der Waals surface area (Å²) >= 11 is 0. The monoisotopic (exact) mass is 362 g/mol. The van der Waals surface area contributed by atoms with Crippen molar-refractivity contribution in [3.8, 4) is 0 Å². The molecule has 0 bridgehead atoms. The van der Waals surface area contributed by atoms with Gasteiger partial charge in [0, 0.05) is 5.69 Å². The molecule has 0 radical (unpaired) electrons. The second-order valence-corrected chi connectivity index (χ2v) is 6.79. The third-order valence-electron chi connectivity index (χ3n) is 3.31. The molecule has 2 amide bonds. The maximum atomic E-state index is 11.9. The molecule has 0 saturated carbocycles. The molecule has 25 heavy (non-hydrogen) atoms. The third-order valence-corrected chi connectivity index (χ3v) is 4.24. The summed E-state index contributed by atoms with van der Waals surface area (Å²) in [6.07, 6.45) is 0.0704. The molecule has 0 aliphatic rings. The summed E-state index contributed by atoms with van der Waals surface area (Å²) in [5.41, 5.74) is 1.01. The number of nitrogens with two attached hydrogens (primary N) is 1. The number of benzene rings is 2. The predicted molar refractivity (Wildman–Crippen MR) is 88.9 cm³/mol. The number of carbonyl (C=O) groups excluding carboxylic acids is 2. The normalized spacial score (nSPS) is 12.2. The molecular formula is C16H16N3O5S-. The van der Waals surface area contributed by atoms with Gasteiger partial charge in [-0.25, -0.2) is 18.4 Å². The van der Waals surface area contributed by atoms with E-state index in [1.54, 1.807) is 30.3 Å². The molecule has 132 valence electrons. The lowest BCUT2D eigenvalue weighted by molar-refractivity contribution is -0.308. The molecule has 0 unspecified atom stereocenters. The van der Waals surface area contributed by atoms with E-state index < -0.39 is 28.1 Å². The van der Waals surface area contributed by atoms with Gasteiger partial charge in [-0.2, -0.15) is 0 Å². The van der Waals surface area contributed by atoms with E-state index in [1.165, 1.54) is 24.3 Å². The van der Waals surface area contributed by atoms with Crippen molar-refractivity contribution in [2.24, 2.45) is 5.14 Å². The van der Waals surface area contributed by atoms with Crippen LogP contribution in [0.25, 0.3) is 0 Å². The van der Waals surface area contributed by atoms with Gasteiger partial charge in [0.1, 0.15) is 0 Å². The van der Waals surface area contributed by atoms with Crippen LogP contribution in [0.15, 0.2) is 59.5 Å². The van der Waals surface area contributed by atoms with E-state index in [0.29, 0.717) is 0 Å². The number of anilines is 1. The lowest BCUT2D eigenvalue weighted by Crippen LogP contribution is -2.50. The van der Waals surface area contributed by atoms with Gasteiger partial charge in [0.15, 0.2) is 0 Å². The summed E-state index contributed by atoms with van der Waals surface area (Å²) in [5.74, 6) is -1.41. The molecule has 0 heterocycles. The predicted octanol–water partition coefficient (Wildman–Crippen LogP) is -0.183. The fourth-order valence-corrected chi connectivity index (χ4v) is 2.61. The standard InChI is InChI=1S/C16H17N3O5S/c17-25(23,24)13-8-6-12(7-9-13)18-16(22)19-14(15(20)21)10-11-4-2-1-3-5-11/h1-9,14H,10H2,(H,20,21)(H2,17,23,24)(H2,18,19,22)/p-1/t14-/m0/s1. The first kappa shape index (κ1) is 18.4. The molecule has 1 atom stereocenters. The molecule has 8 nitrogen and oxygen atoms in total. The zero-order valence-corrected chi connectivity index (χ0v) is 13.8. The molecule has 2 rings (SSSR count). The minimum Gasteiger partial charge on any atom is -0.548 e. The number of nitrogens with one attached hydrogen (secondary N) is 2. The zero-order chi connectivity index (χ0) is 18.4. The molecule has 2 aromatic rings. The Morgan fingerprint density at radius 2 is 1.64 bits per heavy atom. The molecule has 0 aliphatic heterocycles. The zero-order valence-electron chi connectivity index (χ0n) is 13.0. The molecule has 2 aromatic carbocycles. The summed E-state index contributed by atoms with van der Waals surface area (Å²) in [5, 5.41) is 20.9. The number of primary sulfonamides is 1. The average molecular weight is 362 g/mol. The first-order valence-electron chi connectivity index (χ1n) is 7.21. The lowest BCUT2D eigenvalue weighted by atomic mass is 10.1. The second-order valence-electron chi connectivity index (χ2n) is 5.23. The molecular weight excluding hydrogens is 346 g/mol. The van der Waals surface area contributed by atoms with Crippen molar-refractivity contribution in [2.75, 3.05) is 5.32 Å². The van der Waals surface area contributed by atoms with Crippen LogP contribution < -0.4 is 20.9 Å². The summed E-state index contributed by atoms with van der Waals surface area (Å²) in [6, 6.07) is 11.9. The molecule has 0 aliphatic carbocycles. The van der Waals surface area contributed by atoms with Crippen LogP contribution in [0.5, 0.6) is 0 Å². The highest BCUT2D eigenvalue weighted by molar-refractivity contribution is 7.89. The highest BCUT2D eigenvalue weighted by Gasteiger charge is 2.15. The number of carbonyl (C=O) groups is 2. The van der Waals surface area contributed by atoms with Crippen LogP contribution >= 0.6 is 0 Å². The van der Waals surface area contributed by atoms with E-state index in [9.17, 15) is 23.1 Å². The average Bonchev–Trinajstić information content (AvgIpc) is 2.54. The Balaban J connectivity index is 2.00. The molecule has 0 spiro atoms. The Morgan fingerprint density at radius 1 is 1.04 bits per heavy atom. The molecule has 0 aromatic heterocycles. The Hall–Kier alpha value is -2.91. The van der Waals surface area contributed by atoms with Gasteiger partial charge in [0.25, 0.3) is 0 Å². The van der Waals surface area contributed by atoms with Crippen molar-refractivity contribution in [2.45, 2.75) is 17.4 Å². The maximum absolute atomic E-state index is 11.9. The molecule has 0 saturated heterocycles. The SMILES string of the molecule is NS(=O)(=O)c1ccc(NC(=O)N[C@@H](Cc2ccccc2)C(=O)[O-])cc1. The van der Waals surface area contributed by atoms with Crippen molar-refractivity contribution in [3.05, 3.63) is 60.2 Å². The number of hydrogen-bond acceptors (Lipinski definition) is 5. The van der Waals surface area contributed by atoms with Gasteiger partial charge < -0.3 is 20.5 Å². The fourth-order valence-electron chi connectivity index (χ4n) is 2.10. The van der Waals surface area contributed by atoms with Crippen molar-refractivity contribution >= 4 is 27.7 Å². The van der Waals surface area contributed by atoms with Gasteiger partial charge in [-0.3, -0.25) is 0 Å². The third kappa shape index (κ3) is 5.59. The minimum absolute atomic E-state index is 0.0704. The van der Waals surface area contributed by atoms with Crippen molar-refractivity contribution < 1.29 is 23.1 Å². The molecule has 4 N–H and O–H groups in total. The van der Waals surface area contributed by atoms with E-state index in [4.69, 9.17) is 5.14 Å². The summed E-state index contributed by atoms with van der Waals surface area (Å²) in [4.78, 5) is 23.1. The number of amides is 2. The maximum Gasteiger partial charge on any atom is 0.319 e. The van der Waals surface area contributed by atoms with E-state index in [0.717, 1.165) is 5.56 Å². The number of sulfonamides is 1. The van der Waals surface area contributed by atoms with Crippen LogP contribution in [-0.2, 0) is 21.2 Å². The number of carboxylic acids is 1.